The summed E-state index contributed by atoms with van der Waals surface area (Å²) in [5.41, 5.74) is 1.75. The van der Waals surface area contributed by atoms with Gasteiger partial charge in [-0.3, -0.25) is 9.59 Å². The molecular formula is C15H16BrNO3. The van der Waals surface area contributed by atoms with Crippen molar-refractivity contribution in [2.45, 2.75) is 19.8 Å². The van der Waals surface area contributed by atoms with Gasteiger partial charge < -0.3 is 10.4 Å². The molecule has 1 aliphatic carbocycles. The van der Waals surface area contributed by atoms with E-state index in [2.05, 4.69) is 21.2 Å². The van der Waals surface area contributed by atoms with Gasteiger partial charge in [0, 0.05) is 4.47 Å². The number of rotatable bonds is 3. The molecule has 1 aliphatic rings. The van der Waals surface area contributed by atoms with Crippen molar-refractivity contribution in [1.82, 2.24) is 0 Å². The number of nitrogens with one attached hydrogen (secondary N) is 1. The third-order valence-electron chi connectivity index (χ3n) is 3.47. The second-order valence-corrected chi connectivity index (χ2v) is 5.82. The van der Waals surface area contributed by atoms with Gasteiger partial charge in [0.25, 0.3) is 0 Å². The first-order valence-corrected chi connectivity index (χ1v) is 7.23. The number of aryl methyl sites for hydroxylation is 1. The lowest BCUT2D eigenvalue weighted by molar-refractivity contribution is -0.146. The van der Waals surface area contributed by atoms with Gasteiger partial charge in [0.15, 0.2) is 0 Å². The number of allylic oxidation sites excluding steroid dienone is 2. The van der Waals surface area contributed by atoms with Gasteiger partial charge in [0.2, 0.25) is 5.91 Å². The molecule has 0 spiro atoms. The molecule has 2 N–H and O–H groups in total. The molecule has 0 unspecified atom stereocenters. The lowest BCUT2D eigenvalue weighted by atomic mass is 9.82. The summed E-state index contributed by atoms with van der Waals surface area (Å²) < 4.78 is 0.795. The van der Waals surface area contributed by atoms with Gasteiger partial charge in [-0.1, -0.05) is 18.2 Å². The highest BCUT2D eigenvalue weighted by Crippen LogP contribution is 2.29. The van der Waals surface area contributed by atoms with E-state index in [9.17, 15) is 14.7 Å². The lowest BCUT2D eigenvalue weighted by Crippen LogP contribution is -2.34. The Hall–Kier alpha value is -1.62. The Balaban J connectivity index is 2.14. The van der Waals surface area contributed by atoms with Crippen LogP contribution in [0.2, 0.25) is 0 Å². The number of amides is 1. The van der Waals surface area contributed by atoms with E-state index in [1.165, 1.54) is 0 Å². The number of carboxylic acids is 1. The Morgan fingerprint density at radius 1 is 1.25 bits per heavy atom. The van der Waals surface area contributed by atoms with Crippen molar-refractivity contribution in [3.05, 3.63) is 40.4 Å². The van der Waals surface area contributed by atoms with Crippen LogP contribution in [0.3, 0.4) is 0 Å². The molecule has 106 valence electrons. The van der Waals surface area contributed by atoms with Crippen LogP contribution in [0.25, 0.3) is 0 Å². The monoisotopic (exact) mass is 337 g/mol. The van der Waals surface area contributed by atoms with E-state index >= 15 is 0 Å². The van der Waals surface area contributed by atoms with Gasteiger partial charge in [-0.05, 0) is 53.4 Å². The van der Waals surface area contributed by atoms with Crippen LogP contribution in [-0.4, -0.2) is 17.0 Å². The molecule has 2 rings (SSSR count). The minimum Gasteiger partial charge on any atom is -0.481 e. The zero-order chi connectivity index (χ0) is 14.7. The SMILES string of the molecule is Cc1ccc(NC(=O)[C@H]2CC=CC[C@@H]2C(=O)O)c(Br)c1. The molecule has 0 fully saturated rings. The first-order valence-electron chi connectivity index (χ1n) is 6.44. The molecule has 0 saturated carbocycles. The fraction of sp³-hybridized carbons (Fsp3) is 0.333. The van der Waals surface area contributed by atoms with Gasteiger partial charge in [-0.15, -0.1) is 0 Å². The molecular weight excluding hydrogens is 322 g/mol. The molecule has 1 aromatic rings. The fourth-order valence-electron chi connectivity index (χ4n) is 2.32. The second kappa shape index (κ2) is 6.22. The third kappa shape index (κ3) is 3.28. The van der Waals surface area contributed by atoms with E-state index in [4.69, 9.17) is 0 Å². The smallest absolute Gasteiger partial charge is 0.307 e. The fourth-order valence-corrected chi connectivity index (χ4v) is 2.92. The number of anilines is 1. The van der Waals surface area contributed by atoms with Gasteiger partial charge in [0.1, 0.15) is 0 Å². The van der Waals surface area contributed by atoms with Crippen LogP contribution in [0.4, 0.5) is 5.69 Å². The highest BCUT2D eigenvalue weighted by molar-refractivity contribution is 9.10. The Morgan fingerprint density at radius 2 is 1.90 bits per heavy atom. The summed E-state index contributed by atoms with van der Waals surface area (Å²) in [6.45, 7) is 1.96. The minimum atomic E-state index is -0.919. The predicted molar refractivity (Wildman–Crippen MR) is 80.5 cm³/mol. The first-order chi connectivity index (χ1) is 9.49. The highest BCUT2D eigenvalue weighted by Gasteiger charge is 2.34. The van der Waals surface area contributed by atoms with E-state index in [1.807, 2.05) is 37.3 Å². The molecule has 2 atom stereocenters. The molecule has 0 saturated heterocycles. The number of benzene rings is 1. The average Bonchev–Trinajstić information content (AvgIpc) is 2.41. The third-order valence-corrected chi connectivity index (χ3v) is 4.12. The van der Waals surface area contributed by atoms with Gasteiger partial charge >= 0.3 is 5.97 Å². The van der Waals surface area contributed by atoms with Gasteiger partial charge in [-0.2, -0.15) is 0 Å². The highest BCUT2D eigenvalue weighted by atomic mass is 79.9. The summed E-state index contributed by atoms with van der Waals surface area (Å²) in [6.07, 6.45) is 4.56. The number of halogens is 1. The molecule has 4 nitrogen and oxygen atoms in total. The van der Waals surface area contributed by atoms with Crippen LogP contribution in [-0.2, 0) is 9.59 Å². The Labute approximate surface area is 126 Å². The number of hydrogen-bond donors (Lipinski definition) is 2. The van der Waals surface area contributed by atoms with E-state index in [0.29, 0.717) is 18.5 Å². The molecule has 20 heavy (non-hydrogen) atoms. The summed E-state index contributed by atoms with van der Waals surface area (Å²) in [4.78, 5) is 23.5. The summed E-state index contributed by atoms with van der Waals surface area (Å²) >= 11 is 3.40. The van der Waals surface area contributed by atoms with Crippen LogP contribution in [0, 0.1) is 18.8 Å². The average molecular weight is 338 g/mol. The van der Waals surface area contributed by atoms with Crippen molar-refractivity contribution in [3.63, 3.8) is 0 Å². The summed E-state index contributed by atoms with van der Waals surface area (Å²) in [5.74, 6) is -2.33. The van der Waals surface area contributed by atoms with Crippen LogP contribution in [0.15, 0.2) is 34.8 Å². The van der Waals surface area contributed by atoms with E-state index < -0.39 is 17.8 Å². The van der Waals surface area contributed by atoms with Crippen molar-refractivity contribution < 1.29 is 14.7 Å². The van der Waals surface area contributed by atoms with Crippen LogP contribution in [0.5, 0.6) is 0 Å². The van der Waals surface area contributed by atoms with Gasteiger partial charge in [0.05, 0.1) is 17.5 Å². The number of hydrogen-bond acceptors (Lipinski definition) is 2. The topological polar surface area (TPSA) is 66.4 Å². The number of aliphatic carboxylic acids is 1. The van der Waals surface area contributed by atoms with Crippen LogP contribution >= 0.6 is 15.9 Å². The lowest BCUT2D eigenvalue weighted by Gasteiger charge is -2.24. The summed E-state index contributed by atoms with van der Waals surface area (Å²) in [5, 5.41) is 12.0. The van der Waals surface area contributed by atoms with E-state index in [0.717, 1.165) is 10.0 Å². The zero-order valence-corrected chi connectivity index (χ0v) is 12.7. The quantitative estimate of drug-likeness (QED) is 0.831. The Bertz CT molecular complexity index is 568. The largest absolute Gasteiger partial charge is 0.481 e. The summed E-state index contributed by atoms with van der Waals surface area (Å²) in [7, 11) is 0. The Kier molecular flexibility index (Phi) is 4.60. The van der Waals surface area contributed by atoms with Crippen molar-refractivity contribution in [2.75, 3.05) is 5.32 Å². The van der Waals surface area contributed by atoms with E-state index in [1.54, 1.807) is 0 Å². The minimum absolute atomic E-state index is 0.244. The summed E-state index contributed by atoms with van der Waals surface area (Å²) in [6, 6.07) is 5.62. The van der Waals surface area contributed by atoms with Crippen molar-refractivity contribution in [2.24, 2.45) is 11.8 Å². The van der Waals surface area contributed by atoms with Crippen molar-refractivity contribution >= 4 is 33.5 Å². The molecule has 0 radical (unpaired) electrons. The second-order valence-electron chi connectivity index (χ2n) is 4.97. The van der Waals surface area contributed by atoms with Crippen LogP contribution < -0.4 is 5.32 Å². The molecule has 0 aliphatic heterocycles. The van der Waals surface area contributed by atoms with Gasteiger partial charge in [-0.25, -0.2) is 0 Å². The van der Waals surface area contributed by atoms with Crippen LogP contribution in [0.1, 0.15) is 18.4 Å². The van der Waals surface area contributed by atoms with Crippen molar-refractivity contribution in [3.8, 4) is 0 Å². The maximum atomic E-state index is 12.3. The zero-order valence-electron chi connectivity index (χ0n) is 11.1. The molecule has 0 bridgehead atoms. The molecule has 0 aromatic heterocycles. The first kappa shape index (κ1) is 14.8. The number of carbonyl (C=O) groups excluding carboxylic acids is 1. The predicted octanol–water partition coefficient (Wildman–Crippen LogP) is 3.36. The normalized spacial score (nSPS) is 21.5. The number of carbonyl (C=O) groups is 2. The molecule has 5 heteroatoms. The van der Waals surface area contributed by atoms with E-state index in [-0.39, 0.29) is 5.91 Å². The van der Waals surface area contributed by atoms with Crippen molar-refractivity contribution in [1.29, 1.82) is 0 Å². The molecule has 0 heterocycles. The number of carboxylic acid groups (broad SMARTS) is 1. The maximum absolute atomic E-state index is 12.3. The Morgan fingerprint density at radius 3 is 2.50 bits per heavy atom. The maximum Gasteiger partial charge on any atom is 0.307 e. The molecule has 1 aromatic carbocycles. The standard InChI is InChI=1S/C15H16BrNO3/c1-9-6-7-13(12(16)8-9)17-14(18)10-4-2-3-5-11(10)15(19)20/h2-3,6-8,10-11H,4-5H2,1H3,(H,17,18)(H,19,20)/t10-,11-/m0/s1. The molecule has 1 amide bonds.